The van der Waals surface area contributed by atoms with Gasteiger partial charge in [-0.1, -0.05) is 18.2 Å². The number of carbonyl (C=O) groups excluding carboxylic acids is 2. The molecule has 0 radical (unpaired) electrons. The number of carbonyl (C=O) groups is 2. The van der Waals surface area contributed by atoms with Crippen molar-refractivity contribution in [1.82, 2.24) is 9.78 Å². The van der Waals surface area contributed by atoms with E-state index in [1.54, 1.807) is 11.6 Å². The minimum Gasteiger partial charge on any atom is -0.456 e. The van der Waals surface area contributed by atoms with E-state index in [1.807, 2.05) is 37.3 Å². The molecule has 1 aliphatic heterocycles. The number of aromatic nitrogens is 2. The lowest BCUT2D eigenvalue weighted by Crippen LogP contribution is -2.22. The molecule has 0 unspecified atom stereocenters. The topological polar surface area (TPSA) is 107 Å². The number of rotatable bonds is 6. The van der Waals surface area contributed by atoms with Crippen LogP contribution in [0, 0.1) is 19.8 Å². The molecule has 1 fully saturated rings. The lowest BCUT2D eigenvalue weighted by Gasteiger charge is -2.09. The van der Waals surface area contributed by atoms with Gasteiger partial charge in [0.15, 0.2) is 16.4 Å². The zero-order valence-electron chi connectivity index (χ0n) is 15.8. The number of benzene rings is 1. The Morgan fingerprint density at radius 1 is 1.25 bits per heavy atom. The van der Waals surface area contributed by atoms with Gasteiger partial charge in [0.25, 0.3) is 5.91 Å². The molecule has 1 saturated heterocycles. The van der Waals surface area contributed by atoms with Crippen molar-refractivity contribution in [2.45, 2.75) is 26.7 Å². The second-order valence-corrected chi connectivity index (χ2v) is 9.20. The van der Waals surface area contributed by atoms with E-state index in [-0.39, 0.29) is 23.8 Å². The fourth-order valence-electron chi connectivity index (χ4n) is 3.29. The molecule has 28 heavy (non-hydrogen) atoms. The quantitative estimate of drug-likeness (QED) is 0.735. The molecule has 0 aliphatic carbocycles. The summed E-state index contributed by atoms with van der Waals surface area (Å²) < 4.78 is 29.6. The van der Waals surface area contributed by atoms with Crippen LogP contribution in [-0.4, -0.2) is 48.2 Å². The summed E-state index contributed by atoms with van der Waals surface area (Å²) in [6, 6.07) is 9.54. The van der Waals surface area contributed by atoms with Crippen LogP contribution < -0.4 is 5.32 Å². The van der Waals surface area contributed by atoms with Crippen LogP contribution in [0.15, 0.2) is 30.3 Å². The molecule has 2 aromatic rings. The van der Waals surface area contributed by atoms with E-state index in [4.69, 9.17) is 4.74 Å². The number of para-hydroxylation sites is 1. The number of nitrogens with zero attached hydrogens (tertiary/aromatic N) is 2. The van der Waals surface area contributed by atoms with Gasteiger partial charge in [0.1, 0.15) is 0 Å². The Morgan fingerprint density at radius 2 is 1.96 bits per heavy atom. The van der Waals surface area contributed by atoms with Gasteiger partial charge in [-0.15, -0.1) is 0 Å². The highest BCUT2D eigenvalue weighted by Crippen LogP contribution is 2.23. The van der Waals surface area contributed by atoms with Crippen LogP contribution in [0.3, 0.4) is 0 Å². The minimum atomic E-state index is -3.04. The molecule has 0 bridgehead atoms. The first kappa shape index (κ1) is 20.1. The molecule has 9 heteroatoms. The zero-order chi connectivity index (χ0) is 20.3. The van der Waals surface area contributed by atoms with Gasteiger partial charge in [-0.05, 0) is 38.3 Å². The number of hydrogen-bond acceptors (Lipinski definition) is 6. The van der Waals surface area contributed by atoms with Crippen molar-refractivity contribution < 1.29 is 22.7 Å². The lowest BCUT2D eigenvalue weighted by atomic mass is 10.1. The van der Waals surface area contributed by atoms with Gasteiger partial charge in [0, 0.05) is 6.42 Å². The van der Waals surface area contributed by atoms with Crippen LogP contribution in [0.25, 0.3) is 5.69 Å². The fourth-order valence-corrected chi connectivity index (χ4v) is 5.16. The summed E-state index contributed by atoms with van der Waals surface area (Å²) in [5.74, 6) is -1.15. The molecule has 1 N–H and O–H groups in total. The second kappa shape index (κ2) is 8.14. The second-order valence-electron chi connectivity index (χ2n) is 6.98. The van der Waals surface area contributed by atoms with Crippen molar-refractivity contribution in [1.29, 1.82) is 0 Å². The summed E-state index contributed by atoms with van der Waals surface area (Å²) in [7, 11) is -3.04. The van der Waals surface area contributed by atoms with Gasteiger partial charge in [0.05, 0.1) is 34.3 Å². The van der Waals surface area contributed by atoms with Gasteiger partial charge >= 0.3 is 5.97 Å². The number of amides is 1. The summed E-state index contributed by atoms with van der Waals surface area (Å²) in [5.41, 5.74) is 2.87. The predicted molar refractivity (Wildman–Crippen MR) is 104 cm³/mol. The van der Waals surface area contributed by atoms with Gasteiger partial charge in [-0.25, -0.2) is 13.1 Å². The first-order valence-corrected chi connectivity index (χ1v) is 10.8. The Morgan fingerprint density at radius 3 is 2.61 bits per heavy atom. The maximum atomic E-state index is 12.2. The van der Waals surface area contributed by atoms with Crippen LogP contribution >= 0.6 is 0 Å². The fraction of sp³-hybridized carbons (Fsp3) is 0.421. The Labute approximate surface area is 163 Å². The van der Waals surface area contributed by atoms with Crippen LogP contribution in [0.1, 0.15) is 24.2 Å². The Hall–Kier alpha value is -2.68. The Kier molecular flexibility index (Phi) is 5.83. The minimum absolute atomic E-state index is 0.00531. The van der Waals surface area contributed by atoms with Crippen molar-refractivity contribution in [2.24, 2.45) is 5.92 Å². The van der Waals surface area contributed by atoms with Crippen LogP contribution in [0.5, 0.6) is 0 Å². The van der Waals surface area contributed by atoms with Crippen molar-refractivity contribution in [2.75, 3.05) is 23.4 Å². The summed E-state index contributed by atoms with van der Waals surface area (Å²) >= 11 is 0. The number of sulfone groups is 1. The van der Waals surface area contributed by atoms with Crippen LogP contribution in [0.2, 0.25) is 0 Å². The van der Waals surface area contributed by atoms with E-state index >= 15 is 0 Å². The lowest BCUT2D eigenvalue weighted by molar-refractivity contribution is -0.148. The van der Waals surface area contributed by atoms with E-state index in [9.17, 15) is 18.0 Å². The van der Waals surface area contributed by atoms with Gasteiger partial charge in [-0.3, -0.25) is 9.59 Å². The number of anilines is 1. The predicted octanol–water partition coefficient (Wildman–Crippen LogP) is 1.80. The average molecular weight is 405 g/mol. The Balaban J connectivity index is 1.55. The first-order valence-electron chi connectivity index (χ1n) is 9.03. The van der Waals surface area contributed by atoms with E-state index in [0.29, 0.717) is 17.8 Å². The van der Waals surface area contributed by atoms with Crippen LogP contribution in [0.4, 0.5) is 5.69 Å². The third kappa shape index (κ3) is 4.78. The molecule has 1 amide bonds. The summed E-state index contributed by atoms with van der Waals surface area (Å²) in [5, 5.41) is 7.18. The van der Waals surface area contributed by atoms with Crippen molar-refractivity contribution in [3.8, 4) is 5.69 Å². The average Bonchev–Trinajstić information content (AvgIpc) is 3.13. The van der Waals surface area contributed by atoms with E-state index in [1.165, 1.54) is 0 Å². The summed E-state index contributed by atoms with van der Waals surface area (Å²) in [6.07, 6.45) is 0.469. The van der Waals surface area contributed by atoms with Crippen molar-refractivity contribution >= 4 is 27.4 Å². The molecule has 0 spiro atoms. The molecule has 2 heterocycles. The summed E-state index contributed by atoms with van der Waals surface area (Å²) in [6.45, 7) is 3.21. The van der Waals surface area contributed by atoms with Crippen molar-refractivity contribution in [3.63, 3.8) is 0 Å². The highest BCUT2D eigenvalue weighted by molar-refractivity contribution is 7.91. The maximum absolute atomic E-state index is 12.2. The molecular weight excluding hydrogens is 382 g/mol. The number of esters is 1. The normalized spacial score (nSPS) is 18.0. The molecule has 3 rings (SSSR count). The van der Waals surface area contributed by atoms with Crippen LogP contribution in [-0.2, 0) is 24.2 Å². The summed E-state index contributed by atoms with van der Waals surface area (Å²) in [4.78, 5) is 24.1. The number of aryl methyl sites for hydroxylation is 1. The zero-order valence-corrected chi connectivity index (χ0v) is 16.7. The van der Waals surface area contributed by atoms with E-state index in [0.717, 1.165) is 11.4 Å². The third-order valence-corrected chi connectivity index (χ3v) is 6.54. The maximum Gasteiger partial charge on any atom is 0.306 e. The smallest absolute Gasteiger partial charge is 0.306 e. The number of ether oxygens (including phenoxy) is 1. The number of hydrogen-bond donors (Lipinski definition) is 1. The third-order valence-electron chi connectivity index (χ3n) is 4.70. The van der Waals surface area contributed by atoms with Crippen molar-refractivity contribution in [3.05, 3.63) is 41.7 Å². The van der Waals surface area contributed by atoms with E-state index < -0.39 is 28.3 Å². The SMILES string of the molecule is Cc1nn(-c2ccccc2)c(C)c1NC(=O)COC(=O)C[C@@H]1CCS(=O)(=O)C1. The number of nitrogens with one attached hydrogen (secondary N) is 1. The van der Waals surface area contributed by atoms with E-state index in [2.05, 4.69) is 10.4 Å². The molecule has 0 saturated carbocycles. The molecule has 8 nitrogen and oxygen atoms in total. The highest BCUT2D eigenvalue weighted by atomic mass is 32.2. The monoisotopic (exact) mass is 405 g/mol. The molecule has 1 atom stereocenters. The molecule has 1 aromatic heterocycles. The van der Waals surface area contributed by atoms with Gasteiger partial charge in [0.2, 0.25) is 0 Å². The van der Waals surface area contributed by atoms with Gasteiger partial charge in [-0.2, -0.15) is 5.10 Å². The van der Waals surface area contributed by atoms with Gasteiger partial charge < -0.3 is 10.1 Å². The molecule has 150 valence electrons. The molecule has 1 aromatic carbocycles. The highest BCUT2D eigenvalue weighted by Gasteiger charge is 2.30. The Bertz CT molecular complexity index is 982. The first-order chi connectivity index (χ1) is 13.2. The molecule has 1 aliphatic rings. The molecular formula is C19H23N3O5S. The largest absolute Gasteiger partial charge is 0.456 e. The standard InChI is InChI=1S/C19H23N3O5S/c1-13-19(14(2)22(21-13)16-6-4-3-5-7-16)20-17(23)11-27-18(24)10-15-8-9-28(25,26)12-15/h3-7,15H,8-12H2,1-2H3,(H,20,23)/t15-/m0/s1.